The predicted molar refractivity (Wildman–Crippen MR) is 124 cm³/mol. The second kappa shape index (κ2) is 7.13. The Bertz CT molecular complexity index is 1520. The highest BCUT2D eigenvalue weighted by atomic mass is 79.9. The van der Waals surface area contributed by atoms with Crippen molar-refractivity contribution in [1.29, 1.82) is 0 Å². The van der Waals surface area contributed by atoms with Crippen molar-refractivity contribution >= 4 is 44.1 Å². The Morgan fingerprint density at radius 3 is 2.88 bits per heavy atom. The number of nitrogen functional groups attached to an aromatic ring is 1. The molecule has 10 heteroatoms. The van der Waals surface area contributed by atoms with E-state index in [9.17, 15) is 5.11 Å². The lowest BCUT2D eigenvalue weighted by Crippen LogP contribution is -2.32. The van der Waals surface area contributed by atoms with Gasteiger partial charge in [-0.2, -0.15) is 9.61 Å². The Balaban J connectivity index is 1.49. The van der Waals surface area contributed by atoms with E-state index in [0.29, 0.717) is 46.8 Å². The van der Waals surface area contributed by atoms with Gasteiger partial charge in [0, 0.05) is 35.7 Å². The standard InChI is InChI=1S/C22H17BrN8O/c23-18-19(24)31-20(14(9-28-31)13-7-12-3-1-2-4-16(12)25-8-13)29-21(18)30-6-5-17-15(10-30)22(32)27-11-26-17/h1-4,7-9,11H,5-6,10,24H2,(H,26,27,32). The first-order valence-electron chi connectivity index (χ1n) is 10.0. The number of hydrogen-bond acceptors (Lipinski definition) is 8. The van der Waals surface area contributed by atoms with Gasteiger partial charge in [-0.25, -0.2) is 15.0 Å². The van der Waals surface area contributed by atoms with Crippen LogP contribution in [0.2, 0.25) is 0 Å². The van der Waals surface area contributed by atoms with Gasteiger partial charge in [-0.3, -0.25) is 4.98 Å². The molecule has 1 aliphatic heterocycles. The summed E-state index contributed by atoms with van der Waals surface area (Å²) >= 11 is 3.60. The molecule has 0 fully saturated rings. The van der Waals surface area contributed by atoms with E-state index in [-0.39, 0.29) is 5.88 Å². The number of aromatic nitrogens is 6. The first-order chi connectivity index (χ1) is 15.6. The third kappa shape index (κ3) is 2.87. The smallest absolute Gasteiger partial charge is 0.219 e. The van der Waals surface area contributed by atoms with Crippen LogP contribution in [0.1, 0.15) is 11.3 Å². The third-order valence-electron chi connectivity index (χ3n) is 5.79. The van der Waals surface area contributed by atoms with Gasteiger partial charge in [0.15, 0.2) is 5.65 Å². The number of fused-ring (bicyclic) bond motifs is 3. The molecule has 1 aliphatic rings. The first kappa shape index (κ1) is 18.9. The molecule has 0 aliphatic carbocycles. The van der Waals surface area contributed by atoms with Gasteiger partial charge in [-0.15, -0.1) is 0 Å². The minimum Gasteiger partial charge on any atom is -0.493 e. The molecule has 32 heavy (non-hydrogen) atoms. The number of hydrogen-bond donors (Lipinski definition) is 2. The van der Waals surface area contributed by atoms with E-state index in [0.717, 1.165) is 27.7 Å². The number of para-hydroxylation sites is 1. The molecule has 0 saturated heterocycles. The molecule has 1 aromatic carbocycles. The molecule has 3 N–H and O–H groups in total. The summed E-state index contributed by atoms with van der Waals surface area (Å²) in [6.07, 6.45) is 5.64. The van der Waals surface area contributed by atoms with Crippen molar-refractivity contribution in [2.24, 2.45) is 0 Å². The van der Waals surface area contributed by atoms with Crippen LogP contribution in [0.3, 0.4) is 0 Å². The highest BCUT2D eigenvalue weighted by Crippen LogP contribution is 2.37. The summed E-state index contributed by atoms with van der Waals surface area (Å²) in [5.74, 6) is 1.13. The summed E-state index contributed by atoms with van der Waals surface area (Å²) in [7, 11) is 0. The average molecular weight is 489 g/mol. The van der Waals surface area contributed by atoms with Crippen LogP contribution >= 0.6 is 15.9 Å². The van der Waals surface area contributed by atoms with Crippen LogP contribution in [-0.2, 0) is 13.0 Å². The van der Waals surface area contributed by atoms with E-state index in [1.807, 2.05) is 30.5 Å². The molecule has 9 nitrogen and oxygen atoms in total. The zero-order chi connectivity index (χ0) is 21.8. The van der Waals surface area contributed by atoms with Crippen molar-refractivity contribution in [2.45, 2.75) is 13.0 Å². The zero-order valence-electron chi connectivity index (χ0n) is 16.8. The topological polar surface area (TPSA) is 118 Å². The zero-order valence-corrected chi connectivity index (χ0v) is 18.4. The molecular formula is C22H17BrN8O. The molecule has 0 bridgehead atoms. The van der Waals surface area contributed by atoms with Crippen molar-refractivity contribution in [3.8, 4) is 17.0 Å². The molecule has 0 radical (unpaired) electrons. The summed E-state index contributed by atoms with van der Waals surface area (Å²) < 4.78 is 2.27. The number of pyridine rings is 1. The number of rotatable bonds is 2. The van der Waals surface area contributed by atoms with Gasteiger partial charge in [-0.1, -0.05) is 18.2 Å². The Kier molecular flexibility index (Phi) is 4.22. The summed E-state index contributed by atoms with van der Waals surface area (Å²) in [4.78, 5) is 19.8. The van der Waals surface area contributed by atoms with Crippen LogP contribution in [0.4, 0.5) is 11.6 Å². The quantitative estimate of drug-likeness (QED) is 0.388. The maximum Gasteiger partial charge on any atom is 0.219 e. The number of benzene rings is 1. The van der Waals surface area contributed by atoms with Crippen LogP contribution in [0.5, 0.6) is 5.88 Å². The fraction of sp³-hybridized carbons (Fsp3) is 0.136. The predicted octanol–water partition coefficient (Wildman–Crippen LogP) is 3.35. The lowest BCUT2D eigenvalue weighted by atomic mass is 10.1. The van der Waals surface area contributed by atoms with Gasteiger partial charge in [0.1, 0.15) is 22.4 Å². The molecule has 0 atom stereocenters. The normalized spacial score (nSPS) is 13.6. The summed E-state index contributed by atoms with van der Waals surface area (Å²) in [6.45, 7) is 1.12. The van der Waals surface area contributed by atoms with Crippen LogP contribution in [0, 0.1) is 0 Å². The Morgan fingerprint density at radius 2 is 1.97 bits per heavy atom. The molecule has 0 unspecified atom stereocenters. The molecule has 0 spiro atoms. The summed E-state index contributed by atoms with van der Waals surface area (Å²) in [5.41, 5.74) is 11.3. The Morgan fingerprint density at radius 1 is 1.09 bits per heavy atom. The maximum absolute atomic E-state index is 10.2. The monoisotopic (exact) mass is 488 g/mol. The van der Waals surface area contributed by atoms with E-state index in [1.165, 1.54) is 6.33 Å². The van der Waals surface area contributed by atoms with Crippen molar-refractivity contribution in [1.82, 2.24) is 29.5 Å². The van der Waals surface area contributed by atoms with Crippen molar-refractivity contribution in [3.05, 3.63) is 64.8 Å². The minimum absolute atomic E-state index is 0.00264. The summed E-state index contributed by atoms with van der Waals surface area (Å²) in [6, 6.07) is 10.0. The van der Waals surface area contributed by atoms with Gasteiger partial charge in [-0.05, 0) is 28.1 Å². The third-order valence-corrected chi connectivity index (χ3v) is 6.55. The molecule has 0 saturated carbocycles. The van der Waals surface area contributed by atoms with Crippen molar-refractivity contribution < 1.29 is 5.11 Å². The molecule has 6 rings (SSSR count). The van der Waals surface area contributed by atoms with E-state index in [4.69, 9.17) is 10.7 Å². The Hall–Kier alpha value is -3.79. The van der Waals surface area contributed by atoms with Gasteiger partial charge >= 0.3 is 0 Å². The van der Waals surface area contributed by atoms with E-state index in [1.54, 1.807) is 10.7 Å². The Labute approximate surface area is 190 Å². The van der Waals surface area contributed by atoms with E-state index < -0.39 is 0 Å². The van der Waals surface area contributed by atoms with Gasteiger partial charge in [0.2, 0.25) is 5.88 Å². The summed E-state index contributed by atoms with van der Waals surface area (Å²) in [5, 5.41) is 15.7. The van der Waals surface area contributed by atoms with Gasteiger partial charge in [0.25, 0.3) is 0 Å². The van der Waals surface area contributed by atoms with Crippen LogP contribution < -0.4 is 10.6 Å². The highest BCUT2D eigenvalue weighted by Gasteiger charge is 2.26. The largest absolute Gasteiger partial charge is 0.493 e. The number of aromatic hydroxyl groups is 1. The molecule has 4 aromatic heterocycles. The van der Waals surface area contributed by atoms with Crippen LogP contribution in [0.25, 0.3) is 27.7 Å². The molecule has 158 valence electrons. The van der Waals surface area contributed by atoms with Crippen LogP contribution in [0.15, 0.2) is 53.5 Å². The number of nitrogens with two attached hydrogens (primary N) is 1. The number of anilines is 2. The highest BCUT2D eigenvalue weighted by molar-refractivity contribution is 9.10. The van der Waals surface area contributed by atoms with Gasteiger partial charge in [0.05, 0.1) is 29.5 Å². The van der Waals surface area contributed by atoms with E-state index in [2.05, 4.69) is 46.9 Å². The molecule has 5 heterocycles. The lowest BCUT2D eigenvalue weighted by Gasteiger charge is -2.30. The lowest BCUT2D eigenvalue weighted by molar-refractivity contribution is 0.438. The molecular weight excluding hydrogens is 472 g/mol. The molecule has 5 aromatic rings. The maximum atomic E-state index is 10.2. The van der Waals surface area contributed by atoms with Crippen LogP contribution in [-0.4, -0.2) is 41.2 Å². The van der Waals surface area contributed by atoms with Gasteiger partial charge < -0.3 is 15.7 Å². The molecule has 0 amide bonds. The number of halogens is 1. The van der Waals surface area contributed by atoms with Crippen molar-refractivity contribution in [2.75, 3.05) is 17.2 Å². The fourth-order valence-corrected chi connectivity index (χ4v) is 4.63. The minimum atomic E-state index is -0.00264. The second-order valence-electron chi connectivity index (χ2n) is 7.64. The fourth-order valence-electron chi connectivity index (χ4n) is 4.12. The average Bonchev–Trinajstić information content (AvgIpc) is 3.25. The first-order valence-corrected chi connectivity index (χ1v) is 10.8. The van der Waals surface area contributed by atoms with Crippen molar-refractivity contribution in [3.63, 3.8) is 0 Å². The van der Waals surface area contributed by atoms with E-state index >= 15 is 0 Å². The number of nitrogens with zero attached hydrogens (tertiary/aromatic N) is 7. The second-order valence-corrected chi connectivity index (χ2v) is 8.43. The SMILES string of the molecule is Nc1c(Br)c(N2CCc3ncnc(O)c3C2)nc2c(-c3cnc4ccccc4c3)cnn12.